The Balaban J connectivity index is 1.64. The number of hydrogen-bond acceptors (Lipinski definition) is 2. The molecule has 0 amide bonds. The number of para-hydroxylation sites is 1. The first-order chi connectivity index (χ1) is 10.1. The Morgan fingerprint density at radius 1 is 1.24 bits per heavy atom. The van der Waals surface area contributed by atoms with Crippen LogP contribution < -0.4 is 4.90 Å². The zero-order chi connectivity index (χ0) is 14.8. The predicted molar refractivity (Wildman–Crippen MR) is 83.1 cm³/mol. The van der Waals surface area contributed by atoms with Gasteiger partial charge in [0.1, 0.15) is 5.82 Å². The van der Waals surface area contributed by atoms with Gasteiger partial charge in [-0.15, -0.1) is 0 Å². The molecule has 0 fully saturated rings. The van der Waals surface area contributed by atoms with Crippen molar-refractivity contribution in [2.24, 2.45) is 0 Å². The standard InChI is InChI=1S/C18H20FNO/c1-13-12-15(6-7-16(13)19)18(21)9-11-20-10-8-14-4-2-3-5-17(14)20/h2-7,12,18,21H,8-11H2,1H3. The van der Waals surface area contributed by atoms with E-state index in [9.17, 15) is 9.50 Å². The van der Waals surface area contributed by atoms with Crippen LogP contribution in [0.4, 0.5) is 10.1 Å². The van der Waals surface area contributed by atoms with E-state index in [1.165, 1.54) is 17.3 Å². The molecular weight excluding hydrogens is 265 g/mol. The van der Waals surface area contributed by atoms with Crippen molar-refractivity contribution in [3.05, 3.63) is 65.0 Å². The Labute approximate surface area is 124 Å². The molecule has 1 unspecified atom stereocenters. The van der Waals surface area contributed by atoms with Crippen LogP contribution in [-0.2, 0) is 6.42 Å². The SMILES string of the molecule is Cc1cc(C(O)CCN2CCc3ccccc32)ccc1F. The van der Waals surface area contributed by atoms with Crippen molar-refractivity contribution < 1.29 is 9.50 Å². The minimum Gasteiger partial charge on any atom is -0.388 e. The van der Waals surface area contributed by atoms with Gasteiger partial charge in [0.05, 0.1) is 6.10 Å². The van der Waals surface area contributed by atoms with E-state index >= 15 is 0 Å². The van der Waals surface area contributed by atoms with Crippen molar-refractivity contribution in [1.82, 2.24) is 0 Å². The van der Waals surface area contributed by atoms with Crippen LogP contribution in [0.3, 0.4) is 0 Å². The van der Waals surface area contributed by atoms with Crippen LogP contribution in [0.5, 0.6) is 0 Å². The molecule has 1 N–H and O–H groups in total. The van der Waals surface area contributed by atoms with Crippen LogP contribution in [0.25, 0.3) is 0 Å². The van der Waals surface area contributed by atoms with Gasteiger partial charge in [0.25, 0.3) is 0 Å². The molecule has 2 aromatic carbocycles. The minimum absolute atomic E-state index is 0.223. The average molecular weight is 285 g/mol. The second kappa shape index (κ2) is 5.86. The molecule has 0 saturated heterocycles. The van der Waals surface area contributed by atoms with Crippen LogP contribution >= 0.6 is 0 Å². The van der Waals surface area contributed by atoms with Crippen LogP contribution in [-0.4, -0.2) is 18.2 Å². The largest absolute Gasteiger partial charge is 0.388 e. The van der Waals surface area contributed by atoms with Gasteiger partial charge in [-0.25, -0.2) is 4.39 Å². The highest BCUT2D eigenvalue weighted by atomic mass is 19.1. The Kier molecular flexibility index (Phi) is 3.93. The van der Waals surface area contributed by atoms with E-state index in [0.29, 0.717) is 12.0 Å². The molecule has 3 rings (SSSR count). The van der Waals surface area contributed by atoms with Gasteiger partial charge in [-0.05, 0) is 48.6 Å². The number of aliphatic hydroxyl groups excluding tert-OH is 1. The Morgan fingerprint density at radius 3 is 2.86 bits per heavy atom. The number of rotatable bonds is 4. The number of halogens is 1. The van der Waals surface area contributed by atoms with E-state index in [4.69, 9.17) is 0 Å². The molecule has 0 spiro atoms. The number of fused-ring (bicyclic) bond motifs is 1. The minimum atomic E-state index is -0.544. The van der Waals surface area contributed by atoms with Crippen molar-refractivity contribution in [2.45, 2.75) is 25.9 Å². The van der Waals surface area contributed by atoms with Gasteiger partial charge in [0, 0.05) is 18.8 Å². The molecular formula is C18H20FNO. The molecule has 3 heteroatoms. The Bertz CT molecular complexity index is 641. The van der Waals surface area contributed by atoms with Crippen molar-refractivity contribution >= 4 is 5.69 Å². The van der Waals surface area contributed by atoms with E-state index in [1.807, 2.05) is 0 Å². The highest BCUT2D eigenvalue weighted by molar-refractivity contribution is 5.57. The summed E-state index contributed by atoms with van der Waals surface area (Å²) in [4.78, 5) is 2.31. The molecule has 0 bridgehead atoms. The second-order valence-corrected chi connectivity index (χ2v) is 5.68. The summed E-state index contributed by atoms with van der Waals surface area (Å²) in [7, 11) is 0. The molecule has 0 radical (unpaired) electrons. The lowest BCUT2D eigenvalue weighted by Gasteiger charge is -2.21. The third-order valence-electron chi connectivity index (χ3n) is 4.22. The van der Waals surface area contributed by atoms with Gasteiger partial charge in [0.15, 0.2) is 0 Å². The quantitative estimate of drug-likeness (QED) is 0.927. The first-order valence-electron chi connectivity index (χ1n) is 7.42. The smallest absolute Gasteiger partial charge is 0.126 e. The summed E-state index contributed by atoms with van der Waals surface area (Å²) in [5.74, 6) is -0.223. The summed E-state index contributed by atoms with van der Waals surface area (Å²) in [5, 5.41) is 10.3. The zero-order valence-electron chi connectivity index (χ0n) is 12.2. The van der Waals surface area contributed by atoms with E-state index in [2.05, 4.69) is 29.2 Å². The monoisotopic (exact) mass is 285 g/mol. The van der Waals surface area contributed by atoms with E-state index in [0.717, 1.165) is 25.1 Å². The third-order valence-corrected chi connectivity index (χ3v) is 4.22. The number of hydrogen-bond donors (Lipinski definition) is 1. The van der Waals surface area contributed by atoms with E-state index in [1.54, 1.807) is 19.1 Å². The number of benzene rings is 2. The van der Waals surface area contributed by atoms with Crippen LogP contribution in [0.1, 0.15) is 29.2 Å². The summed E-state index contributed by atoms with van der Waals surface area (Å²) < 4.78 is 13.3. The van der Waals surface area contributed by atoms with Crippen molar-refractivity contribution in [2.75, 3.05) is 18.0 Å². The summed E-state index contributed by atoms with van der Waals surface area (Å²) >= 11 is 0. The first kappa shape index (κ1) is 14.1. The normalized spacial score (nSPS) is 15.1. The molecule has 21 heavy (non-hydrogen) atoms. The number of aryl methyl sites for hydroxylation is 1. The molecule has 2 aromatic rings. The lowest BCUT2D eigenvalue weighted by molar-refractivity contribution is 0.169. The molecule has 1 heterocycles. The molecule has 110 valence electrons. The first-order valence-corrected chi connectivity index (χ1v) is 7.42. The zero-order valence-corrected chi connectivity index (χ0v) is 12.2. The number of nitrogens with zero attached hydrogens (tertiary/aromatic N) is 1. The molecule has 0 saturated carbocycles. The van der Waals surface area contributed by atoms with Crippen molar-refractivity contribution in [1.29, 1.82) is 0 Å². The molecule has 0 aliphatic carbocycles. The summed E-state index contributed by atoms with van der Waals surface area (Å²) in [5.41, 5.74) is 4.03. The van der Waals surface area contributed by atoms with Crippen LogP contribution in [0.15, 0.2) is 42.5 Å². The second-order valence-electron chi connectivity index (χ2n) is 5.68. The maximum absolute atomic E-state index is 13.3. The van der Waals surface area contributed by atoms with Gasteiger partial charge in [-0.3, -0.25) is 0 Å². The fourth-order valence-electron chi connectivity index (χ4n) is 2.96. The van der Waals surface area contributed by atoms with Crippen LogP contribution in [0, 0.1) is 12.7 Å². The van der Waals surface area contributed by atoms with Gasteiger partial charge < -0.3 is 10.0 Å². The molecule has 1 aliphatic heterocycles. The van der Waals surface area contributed by atoms with E-state index < -0.39 is 6.10 Å². The average Bonchev–Trinajstić information content (AvgIpc) is 2.91. The van der Waals surface area contributed by atoms with Gasteiger partial charge in [-0.1, -0.05) is 30.3 Å². The van der Waals surface area contributed by atoms with Gasteiger partial charge in [-0.2, -0.15) is 0 Å². The maximum Gasteiger partial charge on any atom is 0.126 e. The molecule has 0 aromatic heterocycles. The van der Waals surface area contributed by atoms with Crippen molar-refractivity contribution in [3.63, 3.8) is 0 Å². The molecule has 2 nitrogen and oxygen atoms in total. The molecule has 1 atom stereocenters. The lowest BCUT2D eigenvalue weighted by atomic mass is 10.0. The summed E-state index contributed by atoms with van der Waals surface area (Å²) in [6.45, 7) is 3.55. The van der Waals surface area contributed by atoms with E-state index in [-0.39, 0.29) is 5.82 Å². The molecule has 1 aliphatic rings. The Morgan fingerprint density at radius 2 is 2.05 bits per heavy atom. The fraction of sp³-hybridized carbons (Fsp3) is 0.333. The summed E-state index contributed by atoms with van der Waals surface area (Å²) in [6, 6.07) is 13.3. The lowest BCUT2D eigenvalue weighted by Crippen LogP contribution is -2.23. The number of aliphatic hydroxyl groups is 1. The number of anilines is 1. The summed E-state index contributed by atoms with van der Waals surface area (Å²) in [6.07, 6.45) is 1.18. The van der Waals surface area contributed by atoms with Gasteiger partial charge >= 0.3 is 0 Å². The predicted octanol–water partition coefficient (Wildman–Crippen LogP) is 3.62. The maximum atomic E-state index is 13.3. The highest BCUT2D eigenvalue weighted by Crippen LogP contribution is 2.29. The topological polar surface area (TPSA) is 23.5 Å². The van der Waals surface area contributed by atoms with Crippen molar-refractivity contribution in [3.8, 4) is 0 Å². The van der Waals surface area contributed by atoms with Crippen LogP contribution in [0.2, 0.25) is 0 Å². The van der Waals surface area contributed by atoms with Gasteiger partial charge in [0.2, 0.25) is 0 Å². The highest BCUT2D eigenvalue weighted by Gasteiger charge is 2.19. The fourth-order valence-corrected chi connectivity index (χ4v) is 2.96. The Hall–Kier alpha value is -1.87. The third kappa shape index (κ3) is 2.93.